The topological polar surface area (TPSA) is 119 Å². The van der Waals surface area contributed by atoms with Gasteiger partial charge in [0.25, 0.3) is 0 Å². The van der Waals surface area contributed by atoms with Gasteiger partial charge in [-0.3, -0.25) is 0 Å². The molecule has 0 aromatic heterocycles. The normalized spacial score (nSPS) is 13.4. The third-order valence-corrected chi connectivity index (χ3v) is 2.69. The summed E-state index contributed by atoms with van der Waals surface area (Å²) in [6.07, 6.45) is -3.39. The van der Waals surface area contributed by atoms with E-state index in [0.717, 1.165) is 0 Å². The number of nitrogen functional groups attached to an aromatic ring is 1. The van der Waals surface area contributed by atoms with E-state index in [-0.39, 0.29) is 23.4 Å². The number of benzene rings is 1. The number of para-hydroxylation sites is 1. The van der Waals surface area contributed by atoms with E-state index in [1.54, 1.807) is 6.92 Å². The molecule has 1 aromatic rings. The van der Waals surface area contributed by atoms with Crippen molar-refractivity contribution in [2.75, 3.05) is 19.5 Å². The van der Waals surface area contributed by atoms with Crippen LogP contribution in [0.15, 0.2) is 18.2 Å². The van der Waals surface area contributed by atoms with Crippen molar-refractivity contribution >= 4 is 17.6 Å². The lowest BCUT2D eigenvalue weighted by Crippen LogP contribution is -2.30. The minimum absolute atomic E-state index is 0.0418. The monoisotopic (exact) mass is 283 g/mol. The lowest BCUT2D eigenvalue weighted by molar-refractivity contribution is -0.159. The number of ether oxygens (including phenoxy) is 2. The zero-order chi connectivity index (χ0) is 15.3. The number of carbonyl (C=O) groups excluding carboxylic acids is 2. The summed E-state index contributed by atoms with van der Waals surface area (Å²) in [7, 11) is 1.19. The predicted molar refractivity (Wildman–Crippen MR) is 69.8 cm³/mol. The van der Waals surface area contributed by atoms with E-state index in [4.69, 9.17) is 5.73 Å². The van der Waals surface area contributed by atoms with Gasteiger partial charge in [0.1, 0.15) is 6.10 Å². The molecule has 0 radical (unpaired) electrons. The second-order valence-electron chi connectivity index (χ2n) is 3.94. The highest BCUT2D eigenvalue weighted by atomic mass is 16.5. The molecule has 0 aliphatic heterocycles. The number of rotatable bonds is 5. The number of aliphatic hydroxyl groups excluding tert-OH is 2. The van der Waals surface area contributed by atoms with E-state index in [1.165, 1.54) is 25.3 Å². The number of anilines is 1. The zero-order valence-corrected chi connectivity index (χ0v) is 11.2. The molecule has 0 amide bonds. The van der Waals surface area contributed by atoms with Crippen LogP contribution in [-0.2, 0) is 14.3 Å². The third kappa shape index (κ3) is 3.25. The molecule has 4 N–H and O–H groups in total. The summed E-state index contributed by atoms with van der Waals surface area (Å²) in [4.78, 5) is 22.9. The van der Waals surface area contributed by atoms with E-state index in [1.807, 2.05) is 0 Å². The smallest absolute Gasteiger partial charge is 0.339 e. The maximum atomic E-state index is 11.5. The number of carbonyl (C=O) groups is 2. The van der Waals surface area contributed by atoms with Gasteiger partial charge in [-0.1, -0.05) is 12.1 Å². The minimum atomic E-state index is -1.79. The molecule has 1 aromatic carbocycles. The van der Waals surface area contributed by atoms with Crippen LogP contribution in [0.3, 0.4) is 0 Å². The average Bonchev–Trinajstić information content (AvgIpc) is 2.45. The SMILES string of the molecule is CCOC(=O)C(O)C(O)c1cccc(C(=O)OC)c1N. The molecule has 110 valence electrons. The van der Waals surface area contributed by atoms with Gasteiger partial charge in [-0.2, -0.15) is 0 Å². The molecule has 0 spiro atoms. The largest absolute Gasteiger partial charge is 0.465 e. The molecule has 0 saturated carbocycles. The van der Waals surface area contributed by atoms with Crippen LogP contribution in [0.2, 0.25) is 0 Å². The minimum Gasteiger partial charge on any atom is -0.465 e. The lowest BCUT2D eigenvalue weighted by Gasteiger charge is -2.19. The van der Waals surface area contributed by atoms with Crippen molar-refractivity contribution < 1.29 is 29.3 Å². The summed E-state index contributed by atoms with van der Waals surface area (Å²) >= 11 is 0. The number of methoxy groups -OCH3 is 1. The van der Waals surface area contributed by atoms with Gasteiger partial charge in [-0.15, -0.1) is 0 Å². The summed E-state index contributed by atoms with van der Waals surface area (Å²) < 4.78 is 9.15. The van der Waals surface area contributed by atoms with Crippen molar-refractivity contribution in [1.82, 2.24) is 0 Å². The van der Waals surface area contributed by atoms with Crippen molar-refractivity contribution in [2.24, 2.45) is 0 Å². The second kappa shape index (κ2) is 6.88. The standard InChI is InChI=1S/C13H17NO6/c1-3-20-13(18)11(16)10(15)7-5-4-6-8(9(7)14)12(17)19-2/h4-6,10-11,15-16H,3,14H2,1-2H3. The number of nitrogens with two attached hydrogens (primary N) is 1. The Bertz CT molecular complexity index is 502. The van der Waals surface area contributed by atoms with Gasteiger partial charge in [0.2, 0.25) is 0 Å². The number of esters is 2. The van der Waals surface area contributed by atoms with E-state index < -0.39 is 24.1 Å². The fourth-order valence-corrected chi connectivity index (χ4v) is 1.66. The highest BCUT2D eigenvalue weighted by molar-refractivity contribution is 5.96. The molecule has 2 atom stereocenters. The first-order valence-electron chi connectivity index (χ1n) is 5.93. The van der Waals surface area contributed by atoms with Crippen LogP contribution in [0.25, 0.3) is 0 Å². The van der Waals surface area contributed by atoms with E-state index >= 15 is 0 Å². The van der Waals surface area contributed by atoms with Gasteiger partial charge in [0, 0.05) is 5.56 Å². The van der Waals surface area contributed by atoms with Crippen molar-refractivity contribution in [3.8, 4) is 0 Å². The molecular formula is C13H17NO6. The Labute approximate surface area is 115 Å². The van der Waals surface area contributed by atoms with E-state index in [9.17, 15) is 19.8 Å². The summed E-state index contributed by atoms with van der Waals surface area (Å²) in [5.41, 5.74) is 5.78. The molecule has 7 heteroatoms. The van der Waals surface area contributed by atoms with Crippen LogP contribution in [0, 0.1) is 0 Å². The summed E-state index contributed by atoms with van der Waals surface area (Å²) in [5.74, 6) is -1.65. The van der Waals surface area contributed by atoms with Crippen LogP contribution in [0.1, 0.15) is 28.9 Å². The Balaban J connectivity index is 3.07. The molecule has 0 aliphatic carbocycles. The van der Waals surface area contributed by atoms with Gasteiger partial charge >= 0.3 is 11.9 Å². The number of aliphatic hydroxyl groups is 2. The summed E-state index contributed by atoms with van der Waals surface area (Å²) in [5, 5.41) is 19.6. The van der Waals surface area contributed by atoms with Crippen LogP contribution in [-0.4, -0.2) is 42.0 Å². The molecule has 0 saturated heterocycles. The highest BCUT2D eigenvalue weighted by Gasteiger charge is 2.29. The van der Waals surface area contributed by atoms with Crippen molar-refractivity contribution in [1.29, 1.82) is 0 Å². The van der Waals surface area contributed by atoms with Gasteiger partial charge in [-0.25, -0.2) is 9.59 Å². The maximum Gasteiger partial charge on any atom is 0.339 e. The third-order valence-electron chi connectivity index (χ3n) is 2.69. The first kappa shape index (κ1) is 15.9. The number of hydrogen-bond acceptors (Lipinski definition) is 7. The predicted octanol–water partition coefficient (Wildman–Crippen LogP) is 0.0128. The van der Waals surface area contributed by atoms with Crippen LogP contribution in [0.5, 0.6) is 0 Å². The van der Waals surface area contributed by atoms with Gasteiger partial charge in [-0.05, 0) is 13.0 Å². The molecule has 0 aliphatic rings. The fourth-order valence-electron chi connectivity index (χ4n) is 1.66. The van der Waals surface area contributed by atoms with Crippen molar-refractivity contribution in [3.05, 3.63) is 29.3 Å². The molecule has 1 rings (SSSR count). The fraction of sp³-hybridized carbons (Fsp3) is 0.385. The Kier molecular flexibility index (Phi) is 5.48. The average molecular weight is 283 g/mol. The quantitative estimate of drug-likeness (QED) is 0.514. The Morgan fingerprint density at radius 2 is 2.00 bits per heavy atom. The van der Waals surface area contributed by atoms with Crippen LogP contribution >= 0.6 is 0 Å². The molecule has 20 heavy (non-hydrogen) atoms. The number of hydrogen-bond donors (Lipinski definition) is 3. The molecule has 7 nitrogen and oxygen atoms in total. The van der Waals surface area contributed by atoms with Crippen LogP contribution in [0.4, 0.5) is 5.69 Å². The molecule has 0 fully saturated rings. The lowest BCUT2D eigenvalue weighted by atomic mass is 9.99. The summed E-state index contributed by atoms with van der Waals surface area (Å²) in [6.45, 7) is 1.64. The van der Waals surface area contributed by atoms with Crippen LogP contribution < -0.4 is 5.73 Å². The Hall–Kier alpha value is -2.12. The van der Waals surface area contributed by atoms with Gasteiger partial charge in [0.15, 0.2) is 6.10 Å². The summed E-state index contributed by atoms with van der Waals surface area (Å²) in [6, 6.07) is 4.27. The Morgan fingerprint density at radius 1 is 1.35 bits per heavy atom. The van der Waals surface area contributed by atoms with E-state index in [0.29, 0.717) is 0 Å². The second-order valence-corrected chi connectivity index (χ2v) is 3.94. The molecule has 2 unspecified atom stereocenters. The first-order chi connectivity index (χ1) is 9.43. The van der Waals surface area contributed by atoms with Crippen molar-refractivity contribution in [2.45, 2.75) is 19.1 Å². The van der Waals surface area contributed by atoms with Gasteiger partial charge < -0.3 is 25.4 Å². The van der Waals surface area contributed by atoms with Gasteiger partial charge in [0.05, 0.1) is 25.0 Å². The van der Waals surface area contributed by atoms with Crippen molar-refractivity contribution in [3.63, 3.8) is 0 Å². The maximum absolute atomic E-state index is 11.5. The zero-order valence-electron chi connectivity index (χ0n) is 11.2. The molecule has 0 bridgehead atoms. The first-order valence-corrected chi connectivity index (χ1v) is 5.93. The Morgan fingerprint density at radius 3 is 2.55 bits per heavy atom. The molecule has 0 heterocycles. The molecular weight excluding hydrogens is 266 g/mol. The highest BCUT2D eigenvalue weighted by Crippen LogP contribution is 2.27. The van der Waals surface area contributed by atoms with E-state index in [2.05, 4.69) is 9.47 Å².